The van der Waals surface area contributed by atoms with Gasteiger partial charge in [-0.05, 0) is 64.2 Å². The van der Waals surface area contributed by atoms with Crippen molar-refractivity contribution in [3.05, 3.63) is 188 Å². The number of nitrogens with zero attached hydrogens (tertiary/aromatic N) is 3. The first-order valence-electron chi connectivity index (χ1n) is 18.7. The molecule has 8 aromatic carbocycles. The number of rotatable bonds is 6. The second kappa shape index (κ2) is 13.5. The van der Waals surface area contributed by atoms with Crippen LogP contribution < -0.4 is 0 Å². The van der Waals surface area contributed by atoms with Gasteiger partial charge in [-0.15, -0.1) is 22.7 Å². The summed E-state index contributed by atoms with van der Waals surface area (Å²) < 4.78 is 5.08. The largest absolute Gasteiger partial charge is 0.208 e. The highest BCUT2D eigenvalue weighted by atomic mass is 32.1. The van der Waals surface area contributed by atoms with Gasteiger partial charge in [0.25, 0.3) is 0 Å². The maximum atomic E-state index is 4.99. The average molecular weight is 750 g/mol. The van der Waals surface area contributed by atoms with Crippen molar-refractivity contribution in [3.63, 3.8) is 0 Å². The van der Waals surface area contributed by atoms with Gasteiger partial charge in [0.1, 0.15) is 0 Å². The molecule has 0 aliphatic rings. The van der Waals surface area contributed by atoms with Crippen molar-refractivity contribution in [2.75, 3.05) is 0 Å². The lowest BCUT2D eigenvalue weighted by Gasteiger charge is -2.11. The first kappa shape index (κ1) is 32.6. The van der Waals surface area contributed by atoms with Gasteiger partial charge < -0.3 is 0 Å². The number of fused-ring (bicyclic) bond motifs is 6. The van der Waals surface area contributed by atoms with Crippen molar-refractivity contribution in [2.24, 2.45) is 0 Å². The molecule has 0 fully saturated rings. The van der Waals surface area contributed by atoms with E-state index >= 15 is 0 Å². The lowest BCUT2D eigenvalue weighted by Crippen LogP contribution is -1.99. The minimum atomic E-state index is 0.664. The van der Waals surface area contributed by atoms with Crippen molar-refractivity contribution in [3.8, 4) is 67.5 Å². The van der Waals surface area contributed by atoms with E-state index in [1.165, 1.54) is 73.7 Å². The van der Waals surface area contributed by atoms with Crippen molar-refractivity contribution < 1.29 is 0 Å². The minimum Gasteiger partial charge on any atom is -0.208 e. The Morgan fingerprint density at radius 1 is 0.268 bits per heavy atom. The molecule has 3 nitrogen and oxygen atoms in total. The Kier molecular flexibility index (Phi) is 7.87. The summed E-state index contributed by atoms with van der Waals surface area (Å²) >= 11 is 3.70. The van der Waals surface area contributed by atoms with Crippen LogP contribution in [0.4, 0.5) is 0 Å². The molecule has 11 aromatic rings. The summed E-state index contributed by atoms with van der Waals surface area (Å²) in [6.07, 6.45) is 0. The van der Waals surface area contributed by atoms with Crippen LogP contribution in [-0.2, 0) is 0 Å². The van der Waals surface area contributed by atoms with E-state index in [1.807, 2.05) is 83.3 Å². The van der Waals surface area contributed by atoms with Crippen LogP contribution >= 0.6 is 22.7 Å². The van der Waals surface area contributed by atoms with Crippen LogP contribution in [0.15, 0.2) is 188 Å². The first-order chi connectivity index (χ1) is 27.7. The van der Waals surface area contributed by atoms with Crippen LogP contribution in [0.1, 0.15) is 0 Å². The van der Waals surface area contributed by atoms with Gasteiger partial charge in [-0.25, -0.2) is 15.0 Å². The Morgan fingerprint density at radius 3 is 1.45 bits per heavy atom. The molecule has 0 saturated heterocycles. The fourth-order valence-corrected chi connectivity index (χ4v) is 10.1. The number of aromatic nitrogens is 3. The quantitative estimate of drug-likeness (QED) is 0.170. The van der Waals surface area contributed by atoms with Gasteiger partial charge in [0.15, 0.2) is 17.5 Å². The summed E-state index contributed by atoms with van der Waals surface area (Å²) in [7, 11) is 0. The zero-order valence-corrected chi connectivity index (χ0v) is 31.7. The smallest absolute Gasteiger partial charge is 0.164 e. The summed E-state index contributed by atoms with van der Waals surface area (Å²) in [5.74, 6) is 1.99. The topological polar surface area (TPSA) is 38.7 Å². The van der Waals surface area contributed by atoms with Crippen LogP contribution in [0.3, 0.4) is 0 Å². The van der Waals surface area contributed by atoms with Crippen LogP contribution in [0.2, 0.25) is 0 Å². The zero-order chi connectivity index (χ0) is 37.0. The number of thiophene rings is 2. The third kappa shape index (κ3) is 5.77. The molecule has 0 unspecified atom stereocenters. The molecule has 0 amide bonds. The molecule has 0 aliphatic heterocycles. The highest BCUT2D eigenvalue weighted by molar-refractivity contribution is 7.26. The summed E-state index contributed by atoms with van der Waals surface area (Å²) in [6.45, 7) is 0. The fourth-order valence-electron chi connectivity index (χ4n) is 7.74. The highest BCUT2D eigenvalue weighted by Gasteiger charge is 2.17. The van der Waals surface area contributed by atoms with Crippen LogP contribution in [0.5, 0.6) is 0 Å². The summed E-state index contributed by atoms with van der Waals surface area (Å²) in [5, 5.41) is 5.09. The van der Waals surface area contributed by atoms with Gasteiger partial charge in [0, 0.05) is 62.6 Å². The standard InChI is InChI=1S/C51H31N3S2/c1-4-13-32(14-5-1)35-19-12-20-37(27-35)43-28-39(29-44-40-21-10-11-22-45(40)56-48(43)44)36-23-25-41-42-26-24-38(31-47(42)55-46(41)30-36)51-53-49(33-15-6-2-7-16-33)52-50(54-51)34-17-8-3-9-18-34/h1-31H. The van der Waals surface area contributed by atoms with E-state index in [4.69, 9.17) is 15.0 Å². The summed E-state index contributed by atoms with van der Waals surface area (Å²) in [4.78, 5) is 14.9. The van der Waals surface area contributed by atoms with E-state index in [0.29, 0.717) is 17.5 Å². The van der Waals surface area contributed by atoms with E-state index in [-0.39, 0.29) is 0 Å². The lowest BCUT2D eigenvalue weighted by molar-refractivity contribution is 1.07. The van der Waals surface area contributed by atoms with Crippen molar-refractivity contribution in [1.82, 2.24) is 15.0 Å². The van der Waals surface area contributed by atoms with Gasteiger partial charge in [-0.3, -0.25) is 0 Å². The molecular formula is C51H31N3S2. The summed E-state index contributed by atoms with van der Waals surface area (Å²) in [5.41, 5.74) is 10.3. The highest BCUT2D eigenvalue weighted by Crippen LogP contribution is 2.45. The Labute approximate surface area is 331 Å². The monoisotopic (exact) mass is 749 g/mol. The molecule has 0 bridgehead atoms. The second-order valence-corrected chi connectivity index (χ2v) is 16.1. The Balaban J connectivity index is 1.03. The van der Waals surface area contributed by atoms with E-state index in [2.05, 4.69) is 127 Å². The number of benzene rings is 8. The minimum absolute atomic E-state index is 0.664. The molecule has 0 N–H and O–H groups in total. The van der Waals surface area contributed by atoms with Crippen LogP contribution in [0, 0.1) is 0 Å². The number of hydrogen-bond acceptors (Lipinski definition) is 5. The molecule has 0 radical (unpaired) electrons. The van der Waals surface area contributed by atoms with Crippen LogP contribution in [-0.4, -0.2) is 15.0 Å². The van der Waals surface area contributed by atoms with Crippen molar-refractivity contribution in [1.29, 1.82) is 0 Å². The zero-order valence-electron chi connectivity index (χ0n) is 30.1. The Morgan fingerprint density at radius 2 is 0.768 bits per heavy atom. The molecule has 3 heterocycles. The molecule has 3 aromatic heterocycles. The van der Waals surface area contributed by atoms with Gasteiger partial charge in [-0.1, -0.05) is 152 Å². The Bertz CT molecular complexity index is 3180. The molecule has 56 heavy (non-hydrogen) atoms. The van der Waals surface area contributed by atoms with E-state index < -0.39 is 0 Å². The molecule has 5 heteroatoms. The Hall–Kier alpha value is -6.79. The average Bonchev–Trinajstić information content (AvgIpc) is 3.84. The third-order valence-corrected chi connectivity index (χ3v) is 12.9. The predicted molar refractivity (Wildman–Crippen MR) is 238 cm³/mol. The predicted octanol–water partition coefficient (Wildman–Crippen LogP) is 14.6. The molecule has 262 valence electrons. The first-order valence-corrected chi connectivity index (χ1v) is 20.3. The van der Waals surface area contributed by atoms with Gasteiger partial charge in [0.2, 0.25) is 0 Å². The fraction of sp³-hybridized carbons (Fsp3) is 0. The van der Waals surface area contributed by atoms with E-state index in [0.717, 1.165) is 16.7 Å². The van der Waals surface area contributed by atoms with E-state index in [1.54, 1.807) is 0 Å². The molecular weight excluding hydrogens is 719 g/mol. The SMILES string of the molecule is c1ccc(-c2cccc(-c3cc(-c4ccc5c(c4)sc4cc(-c6nc(-c7ccccc7)nc(-c7ccccc7)n6)ccc45)cc4c3sc3ccccc34)c2)cc1. The number of hydrogen-bond donors (Lipinski definition) is 0. The maximum absolute atomic E-state index is 4.99. The second-order valence-electron chi connectivity index (χ2n) is 14.0. The molecule has 0 spiro atoms. The van der Waals surface area contributed by atoms with Crippen LogP contribution in [0.25, 0.3) is 108 Å². The maximum Gasteiger partial charge on any atom is 0.164 e. The molecule has 11 rings (SSSR count). The van der Waals surface area contributed by atoms with Gasteiger partial charge >= 0.3 is 0 Å². The van der Waals surface area contributed by atoms with E-state index in [9.17, 15) is 0 Å². The lowest BCUT2D eigenvalue weighted by atomic mass is 9.94. The molecule has 0 aliphatic carbocycles. The van der Waals surface area contributed by atoms with Gasteiger partial charge in [0.05, 0.1) is 0 Å². The van der Waals surface area contributed by atoms with Crippen molar-refractivity contribution in [2.45, 2.75) is 0 Å². The van der Waals surface area contributed by atoms with Crippen molar-refractivity contribution >= 4 is 63.0 Å². The third-order valence-electron chi connectivity index (χ3n) is 10.5. The normalized spacial score (nSPS) is 11.6. The molecule has 0 atom stereocenters. The summed E-state index contributed by atoms with van der Waals surface area (Å²) in [6, 6.07) is 67.0. The van der Waals surface area contributed by atoms with Gasteiger partial charge in [-0.2, -0.15) is 0 Å². The molecule has 0 saturated carbocycles.